The fraction of sp³-hybridized carbons (Fsp3) is 0.133. The molecule has 3 rings (SSSR count). The average Bonchev–Trinajstić information content (AvgIpc) is 2.61. The van der Waals surface area contributed by atoms with Gasteiger partial charge < -0.3 is 4.84 Å². The number of benzene rings is 1. The smallest absolute Gasteiger partial charge is 0.293 e. The molecule has 0 amide bonds. The average molecular weight is 379 g/mol. The summed E-state index contributed by atoms with van der Waals surface area (Å²) >= 11 is 7.48. The predicted molar refractivity (Wildman–Crippen MR) is 95.2 cm³/mol. The van der Waals surface area contributed by atoms with Crippen LogP contribution in [0.5, 0.6) is 0 Å². The molecule has 0 radical (unpaired) electrons. The van der Waals surface area contributed by atoms with Crippen LogP contribution in [0, 0.1) is 10.1 Å². The Kier molecular flexibility index (Phi) is 4.60. The molecule has 25 heavy (non-hydrogen) atoms. The molecule has 0 aliphatic carbocycles. The summed E-state index contributed by atoms with van der Waals surface area (Å²) in [6.45, 7) is 0. The SMILES string of the molecule is COn1c(=O)c(-c2ccc([N+](=O)[O-])cc2Cl)cc2cnc(SC)nc21. The summed E-state index contributed by atoms with van der Waals surface area (Å²) in [5, 5.41) is 12.0. The molecule has 2 aromatic heterocycles. The molecule has 3 aromatic rings. The van der Waals surface area contributed by atoms with Crippen LogP contribution in [0.4, 0.5) is 5.69 Å². The number of hydrogen-bond donors (Lipinski definition) is 0. The number of fused-ring (bicyclic) bond motifs is 1. The lowest BCUT2D eigenvalue weighted by molar-refractivity contribution is -0.384. The van der Waals surface area contributed by atoms with Crippen LogP contribution in [0.3, 0.4) is 0 Å². The first kappa shape index (κ1) is 17.2. The summed E-state index contributed by atoms with van der Waals surface area (Å²) in [5.74, 6) is 0. The Labute approximate surface area is 150 Å². The third-order valence-electron chi connectivity index (χ3n) is 3.50. The van der Waals surface area contributed by atoms with Gasteiger partial charge in [-0.2, -0.15) is 0 Å². The van der Waals surface area contributed by atoms with Crippen LogP contribution in [0.15, 0.2) is 40.4 Å². The number of nitro benzene ring substituents is 1. The Bertz CT molecular complexity index is 1050. The van der Waals surface area contributed by atoms with Crippen molar-refractivity contribution in [1.82, 2.24) is 14.7 Å². The van der Waals surface area contributed by atoms with E-state index in [0.29, 0.717) is 21.8 Å². The molecule has 0 saturated heterocycles. The molecule has 0 saturated carbocycles. The van der Waals surface area contributed by atoms with Gasteiger partial charge in [-0.15, -0.1) is 4.73 Å². The van der Waals surface area contributed by atoms with Gasteiger partial charge in [-0.3, -0.25) is 14.9 Å². The molecular weight excluding hydrogens is 368 g/mol. The van der Waals surface area contributed by atoms with Crippen LogP contribution in [0.1, 0.15) is 0 Å². The van der Waals surface area contributed by atoms with Crippen molar-refractivity contribution in [2.24, 2.45) is 0 Å². The number of rotatable bonds is 4. The van der Waals surface area contributed by atoms with Crippen molar-refractivity contribution in [3.63, 3.8) is 0 Å². The second-order valence-corrected chi connectivity index (χ2v) is 6.08. The second-order valence-electron chi connectivity index (χ2n) is 4.90. The van der Waals surface area contributed by atoms with E-state index in [9.17, 15) is 14.9 Å². The third kappa shape index (κ3) is 3.03. The minimum Gasteiger partial charge on any atom is -0.412 e. The number of thioether (sulfide) groups is 1. The fourth-order valence-corrected chi connectivity index (χ4v) is 2.96. The van der Waals surface area contributed by atoms with Gasteiger partial charge in [0.1, 0.15) is 7.11 Å². The molecule has 8 nitrogen and oxygen atoms in total. The number of halogens is 1. The van der Waals surface area contributed by atoms with E-state index in [1.165, 1.54) is 37.1 Å². The summed E-state index contributed by atoms with van der Waals surface area (Å²) in [4.78, 5) is 36.7. The molecule has 0 unspecified atom stereocenters. The normalized spacial score (nSPS) is 10.8. The van der Waals surface area contributed by atoms with E-state index in [1.807, 2.05) is 6.26 Å². The molecule has 0 aliphatic heterocycles. The van der Waals surface area contributed by atoms with Crippen molar-refractivity contribution >= 4 is 40.1 Å². The van der Waals surface area contributed by atoms with Gasteiger partial charge in [0.2, 0.25) is 0 Å². The van der Waals surface area contributed by atoms with Crippen LogP contribution in [-0.2, 0) is 0 Å². The monoisotopic (exact) mass is 378 g/mol. The maximum absolute atomic E-state index is 12.8. The van der Waals surface area contributed by atoms with Crippen molar-refractivity contribution in [3.8, 4) is 11.1 Å². The van der Waals surface area contributed by atoms with E-state index < -0.39 is 10.5 Å². The Hall–Kier alpha value is -2.65. The third-order valence-corrected chi connectivity index (χ3v) is 4.37. The van der Waals surface area contributed by atoms with Gasteiger partial charge in [0.05, 0.1) is 15.5 Å². The highest BCUT2D eigenvalue weighted by atomic mass is 35.5. The molecule has 0 aliphatic rings. The van der Waals surface area contributed by atoms with E-state index in [1.54, 1.807) is 12.3 Å². The van der Waals surface area contributed by atoms with Crippen molar-refractivity contribution in [2.45, 2.75) is 5.16 Å². The summed E-state index contributed by atoms with van der Waals surface area (Å²) in [7, 11) is 1.35. The molecular formula is C15H11ClN4O4S. The number of aromatic nitrogens is 3. The van der Waals surface area contributed by atoms with Gasteiger partial charge in [-0.1, -0.05) is 23.4 Å². The van der Waals surface area contributed by atoms with Crippen molar-refractivity contribution < 1.29 is 9.76 Å². The van der Waals surface area contributed by atoms with Gasteiger partial charge in [-0.05, 0) is 18.4 Å². The molecule has 2 heterocycles. The summed E-state index contributed by atoms with van der Waals surface area (Å²) in [6.07, 6.45) is 3.40. The standard InChI is InChI=1S/C15H11ClN4O4S/c1-24-19-13-8(7-17-15(18-13)25-2)5-11(14(19)21)10-4-3-9(20(22)23)6-12(10)16/h3-7H,1-2H3. The topological polar surface area (TPSA) is 100 Å². The first-order valence-electron chi connectivity index (χ1n) is 6.92. The Morgan fingerprint density at radius 1 is 1.32 bits per heavy atom. The van der Waals surface area contributed by atoms with E-state index in [2.05, 4.69) is 9.97 Å². The van der Waals surface area contributed by atoms with Gasteiger partial charge in [0, 0.05) is 29.3 Å². The van der Waals surface area contributed by atoms with Crippen molar-refractivity contribution in [2.75, 3.05) is 13.4 Å². The maximum atomic E-state index is 12.8. The zero-order valence-electron chi connectivity index (χ0n) is 13.1. The molecule has 1 aromatic carbocycles. The highest BCUT2D eigenvalue weighted by molar-refractivity contribution is 7.98. The van der Waals surface area contributed by atoms with Crippen LogP contribution < -0.4 is 10.4 Å². The van der Waals surface area contributed by atoms with Crippen LogP contribution in [0.25, 0.3) is 22.2 Å². The molecule has 128 valence electrons. The molecule has 10 heteroatoms. The van der Waals surface area contributed by atoms with Crippen molar-refractivity contribution in [3.05, 3.63) is 56.0 Å². The largest absolute Gasteiger partial charge is 0.412 e. The number of pyridine rings is 1. The van der Waals surface area contributed by atoms with E-state index >= 15 is 0 Å². The zero-order valence-corrected chi connectivity index (χ0v) is 14.7. The first-order chi connectivity index (χ1) is 12.0. The number of hydrogen-bond acceptors (Lipinski definition) is 7. The van der Waals surface area contributed by atoms with Crippen LogP contribution in [0.2, 0.25) is 5.02 Å². The Morgan fingerprint density at radius 2 is 2.08 bits per heavy atom. The fourth-order valence-electron chi connectivity index (χ4n) is 2.35. The molecule has 0 spiro atoms. The Balaban J connectivity index is 2.29. The number of non-ortho nitro benzene ring substituents is 1. The minimum absolute atomic E-state index is 0.0926. The van der Waals surface area contributed by atoms with E-state index in [4.69, 9.17) is 16.4 Å². The van der Waals surface area contributed by atoms with Crippen molar-refractivity contribution in [1.29, 1.82) is 0 Å². The van der Waals surface area contributed by atoms with Gasteiger partial charge in [0.25, 0.3) is 11.2 Å². The molecule has 0 fully saturated rings. The highest BCUT2D eigenvalue weighted by Gasteiger charge is 2.17. The lowest BCUT2D eigenvalue weighted by atomic mass is 10.1. The second kappa shape index (κ2) is 6.69. The van der Waals surface area contributed by atoms with Gasteiger partial charge >= 0.3 is 0 Å². The molecule has 0 bridgehead atoms. The lowest BCUT2D eigenvalue weighted by Crippen LogP contribution is -2.27. The number of nitrogens with zero attached hydrogens (tertiary/aromatic N) is 4. The predicted octanol–water partition coefficient (Wildman–Crippen LogP) is 2.80. The number of nitro groups is 1. The van der Waals surface area contributed by atoms with Crippen LogP contribution >= 0.6 is 23.4 Å². The lowest BCUT2D eigenvalue weighted by Gasteiger charge is -2.11. The zero-order chi connectivity index (χ0) is 18.1. The van der Waals surface area contributed by atoms with E-state index in [0.717, 1.165) is 4.73 Å². The van der Waals surface area contributed by atoms with Gasteiger partial charge in [0.15, 0.2) is 10.8 Å². The maximum Gasteiger partial charge on any atom is 0.293 e. The first-order valence-corrected chi connectivity index (χ1v) is 8.52. The molecule has 0 N–H and O–H groups in total. The van der Waals surface area contributed by atoms with Gasteiger partial charge in [-0.25, -0.2) is 9.97 Å². The quantitative estimate of drug-likeness (QED) is 0.298. The van der Waals surface area contributed by atoms with Crippen LogP contribution in [-0.4, -0.2) is 33.0 Å². The minimum atomic E-state index is -0.554. The Morgan fingerprint density at radius 3 is 2.68 bits per heavy atom. The highest BCUT2D eigenvalue weighted by Crippen LogP contribution is 2.30. The van der Waals surface area contributed by atoms with E-state index in [-0.39, 0.29) is 16.3 Å². The molecule has 0 atom stereocenters. The summed E-state index contributed by atoms with van der Waals surface area (Å²) < 4.78 is 1.05. The summed E-state index contributed by atoms with van der Waals surface area (Å²) in [6, 6.07) is 5.50. The summed E-state index contributed by atoms with van der Waals surface area (Å²) in [5.41, 5.74) is 0.286.